The molecule has 2 aromatic carbocycles. The summed E-state index contributed by atoms with van der Waals surface area (Å²) in [7, 11) is 0. The molecular weight excluding hydrogens is 439 g/mol. The first kappa shape index (κ1) is 22.0. The fourth-order valence-electron chi connectivity index (χ4n) is 5.02. The van der Waals surface area contributed by atoms with Crippen LogP contribution in [0.1, 0.15) is 56.3 Å². The minimum absolute atomic E-state index is 0.199. The predicted molar refractivity (Wildman–Crippen MR) is 138 cm³/mol. The molecule has 0 N–H and O–H groups in total. The largest absolute Gasteiger partial charge is 0.368 e. The fourth-order valence-corrected chi connectivity index (χ4v) is 5.02. The Morgan fingerprint density at radius 2 is 1.49 bits per heavy atom. The van der Waals surface area contributed by atoms with Crippen LogP contribution in [-0.4, -0.2) is 45.9 Å². The van der Waals surface area contributed by atoms with Crippen LogP contribution in [0, 0.1) is 5.82 Å². The quantitative estimate of drug-likeness (QED) is 0.376. The zero-order valence-corrected chi connectivity index (χ0v) is 20.4. The molecule has 0 unspecified atom stereocenters. The summed E-state index contributed by atoms with van der Waals surface area (Å²) in [6, 6.07) is 15.4. The molecule has 0 amide bonds. The second-order valence-corrected chi connectivity index (χ2v) is 10.0. The molecule has 0 atom stereocenters. The number of nitrogens with zero attached hydrogens (tertiary/aromatic N) is 6. The number of piperazine rings is 1. The monoisotopic (exact) mass is 470 g/mol. The zero-order chi connectivity index (χ0) is 23.9. The highest BCUT2D eigenvalue weighted by Crippen LogP contribution is 2.37. The Hall–Kier alpha value is -3.48. The van der Waals surface area contributed by atoms with Crippen molar-refractivity contribution in [3.8, 4) is 5.69 Å². The molecule has 1 saturated carbocycles. The van der Waals surface area contributed by atoms with Crippen LogP contribution < -0.4 is 9.80 Å². The molecule has 0 radical (unpaired) electrons. The van der Waals surface area contributed by atoms with E-state index in [0.29, 0.717) is 11.8 Å². The van der Waals surface area contributed by atoms with E-state index in [1.165, 1.54) is 24.1 Å². The van der Waals surface area contributed by atoms with Gasteiger partial charge in [0.1, 0.15) is 17.5 Å². The van der Waals surface area contributed by atoms with E-state index in [2.05, 4.69) is 47.9 Å². The first-order valence-corrected chi connectivity index (χ1v) is 12.7. The summed E-state index contributed by atoms with van der Waals surface area (Å²) in [5.41, 5.74) is 4.28. The molecule has 2 fully saturated rings. The molecule has 4 aromatic rings. The van der Waals surface area contributed by atoms with Crippen LogP contribution in [0.25, 0.3) is 16.7 Å². The van der Waals surface area contributed by atoms with Gasteiger partial charge in [-0.1, -0.05) is 32.4 Å². The average Bonchev–Trinajstić information content (AvgIpc) is 3.27. The summed E-state index contributed by atoms with van der Waals surface area (Å²) < 4.78 is 15.3. The van der Waals surface area contributed by atoms with Crippen LogP contribution in [0.2, 0.25) is 0 Å². The highest BCUT2D eigenvalue weighted by atomic mass is 19.1. The van der Waals surface area contributed by atoms with Gasteiger partial charge in [0.2, 0.25) is 0 Å². The summed E-state index contributed by atoms with van der Waals surface area (Å²) in [6.45, 7) is 7.84. The molecule has 6 nitrogen and oxygen atoms in total. The van der Waals surface area contributed by atoms with Gasteiger partial charge in [0.25, 0.3) is 0 Å². The molecule has 0 bridgehead atoms. The van der Waals surface area contributed by atoms with Crippen molar-refractivity contribution in [2.45, 2.75) is 44.9 Å². The van der Waals surface area contributed by atoms with Crippen molar-refractivity contribution in [3.05, 3.63) is 71.9 Å². The Kier molecular flexibility index (Phi) is 5.63. The van der Waals surface area contributed by atoms with E-state index in [0.717, 1.165) is 73.1 Å². The summed E-state index contributed by atoms with van der Waals surface area (Å²) in [6.07, 6.45) is 5.46. The van der Waals surface area contributed by atoms with Gasteiger partial charge in [-0.15, -0.1) is 0 Å². The van der Waals surface area contributed by atoms with E-state index in [9.17, 15) is 4.39 Å². The Bertz CT molecular complexity index is 1320. The van der Waals surface area contributed by atoms with Gasteiger partial charge in [-0.2, -0.15) is 5.10 Å². The minimum atomic E-state index is -0.199. The van der Waals surface area contributed by atoms with E-state index in [1.54, 1.807) is 0 Å². The molecule has 3 heterocycles. The predicted octanol–water partition coefficient (Wildman–Crippen LogP) is 5.67. The van der Waals surface area contributed by atoms with Crippen LogP contribution in [-0.2, 0) is 0 Å². The van der Waals surface area contributed by atoms with Crippen molar-refractivity contribution < 1.29 is 4.39 Å². The van der Waals surface area contributed by atoms with E-state index < -0.39 is 0 Å². The van der Waals surface area contributed by atoms with Crippen LogP contribution >= 0.6 is 0 Å². The third kappa shape index (κ3) is 4.13. The van der Waals surface area contributed by atoms with Gasteiger partial charge in [0, 0.05) is 37.8 Å². The molecule has 1 aliphatic carbocycles. The molecule has 6 rings (SSSR count). The number of hydrogen-bond donors (Lipinski definition) is 0. The SMILES string of the molecule is CC(C)c1ccc(-n2ncc3c(N4CCN(c5ccc(F)cc5)CC4)nc(C4CCC4)nc32)cc1. The number of rotatable bonds is 5. The lowest BCUT2D eigenvalue weighted by Crippen LogP contribution is -2.47. The number of halogens is 1. The number of fused-ring (bicyclic) bond motifs is 1. The maximum absolute atomic E-state index is 13.4. The minimum Gasteiger partial charge on any atom is -0.368 e. The van der Waals surface area contributed by atoms with Gasteiger partial charge in [-0.3, -0.25) is 0 Å². The standard InChI is InChI=1S/C28H31FN6/c1-19(2)20-6-10-24(11-7-20)35-28-25(18-30-35)27(31-26(32-28)21-4-3-5-21)34-16-14-33(15-17-34)23-12-8-22(29)9-13-23/h6-13,18-19,21H,3-5,14-17H2,1-2H3. The summed E-state index contributed by atoms with van der Waals surface area (Å²) in [5, 5.41) is 5.75. The van der Waals surface area contributed by atoms with Crippen molar-refractivity contribution in [2.75, 3.05) is 36.0 Å². The van der Waals surface area contributed by atoms with E-state index in [-0.39, 0.29) is 5.82 Å². The van der Waals surface area contributed by atoms with Crippen molar-refractivity contribution in [3.63, 3.8) is 0 Å². The van der Waals surface area contributed by atoms with Crippen molar-refractivity contribution in [1.82, 2.24) is 19.7 Å². The second-order valence-electron chi connectivity index (χ2n) is 10.0. The van der Waals surface area contributed by atoms with Gasteiger partial charge >= 0.3 is 0 Å². The molecular formula is C28H31FN6. The molecule has 180 valence electrons. The molecule has 2 aliphatic rings. The van der Waals surface area contributed by atoms with Crippen molar-refractivity contribution in [1.29, 1.82) is 0 Å². The molecule has 1 aliphatic heterocycles. The zero-order valence-electron chi connectivity index (χ0n) is 20.4. The van der Waals surface area contributed by atoms with Gasteiger partial charge in [0.05, 0.1) is 17.3 Å². The molecule has 2 aromatic heterocycles. The summed E-state index contributed by atoms with van der Waals surface area (Å²) >= 11 is 0. The number of hydrogen-bond acceptors (Lipinski definition) is 5. The average molecular weight is 471 g/mol. The van der Waals surface area contributed by atoms with Crippen LogP contribution in [0.4, 0.5) is 15.9 Å². The second kappa shape index (κ2) is 8.95. The Labute approximate surface area is 205 Å². The normalized spacial score (nSPS) is 16.8. The van der Waals surface area contributed by atoms with E-state index in [1.807, 2.05) is 23.0 Å². The third-order valence-corrected chi connectivity index (χ3v) is 7.47. The maximum atomic E-state index is 13.4. The number of anilines is 2. The Morgan fingerprint density at radius 1 is 0.829 bits per heavy atom. The molecule has 35 heavy (non-hydrogen) atoms. The van der Waals surface area contributed by atoms with Crippen LogP contribution in [0.5, 0.6) is 0 Å². The van der Waals surface area contributed by atoms with Gasteiger partial charge in [-0.25, -0.2) is 19.0 Å². The van der Waals surface area contributed by atoms with E-state index in [4.69, 9.17) is 15.1 Å². The number of benzene rings is 2. The van der Waals surface area contributed by atoms with Crippen LogP contribution in [0.3, 0.4) is 0 Å². The Morgan fingerprint density at radius 3 is 2.11 bits per heavy atom. The highest BCUT2D eigenvalue weighted by molar-refractivity contribution is 5.88. The number of aromatic nitrogens is 4. The van der Waals surface area contributed by atoms with Crippen molar-refractivity contribution in [2.24, 2.45) is 0 Å². The first-order chi connectivity index (χ1) is 17.1. The topological polar surface area (TPSA) is 50.1 Å². The van der Waals surface area contributed by atoms with Gasteiger partial charge < -0.3 is 9.80 Å². The van der Waals surface area contributed by atoms with Gasteiger partial charge in [-0.05, 0) is 60.7 Å². The third-order valence-electron chi connectivity index (χ3n) is 7.47. The molecule has 7 heteroatoms. The maximum Gasteiger partial charge on any atom is 0.168 e. The Balaban J connectivity index is 1.33. The first-order valence-electron chi connectivity index (χ1n) is 12.7. The smallest absolute Gasteiger partial charge is 0.168 e. The lowest BCUT2D eigenvalue weighted by atomic mass is 9.85. The van der Waals surface area contributed by atoms with E-state index >= 15 is 0 Å². The van der Waals surface area contributed by atoms with Crippen molar-refractivity contribution >= 4 is 22.5 Å². The molecule has 1 saturated heterocycles. The van der Waals surface area contributed by atoms with Gasteiger partial charge in [0.15, 0.2) is 5.65 Å². The van der Waals surface area contributed by atoms with Crippen LogP contribution in [0.15, 0.2) is 54.7 Å². The fraction of sp³-hybridized carbons (Fsp3) is 0.393. The molecule has 0 spiro atoms. The lowest BCUT2D eigenvalue weighted by Gasteiger charge is -2.37. The highest BCUT2D eigenvalue weighted by Gasteiger charge is 2.28. The lowest BCUT2D eigenvalue weighted by molar-refractivity contribution is 0.402. The summed E-state index contributed by atoms with van der Waals surface area (Å²) in [5.74, 6) is 2.66. The summed E-state index contributed by atoms with van der Waals surface area (Å²) in [4.78, 5) is 14.8.